The molecular formula is C17H18N2O3S. The Labute approximate surface area is 139 Å². The number of unbranched alkanes of at least 4 members (excludes halogenated alkanes) is 1. The van der Waals surface area contributed by atoms with Crippen molar-refractivity contribution in [3.63, 3.8) is 0 Å². The molecule has 0 aromatic carbocycles. The van der Waals surface area contributed by atoms with Crippen LogP contribution in [0.25, 0.3) is 6.08 Å². The van der Waals surface area contributed by atoms with Crippen LogP contribution in [0.3, 0.4) is 0 Å². The third-order valence-electron chi connectivity index (χ3n) is 3.65. The van der Waals surface area contributed by atoms with Gasteiger partial charge in [0.25, 0.3) is 11.8 Å². The molecule has 0 N–H and O–H groups in total. The molecule has 6 heteroatoms. The van der Waals surface area contributed by atoms with Gasteiger partial charge < -0.3 is 4.74 Å². The average Bonchev–Trinajstić information content (AvgIpc) is 3.00. The zero-order valence-electron chi connectivity index (χ0n) is 13.4. The lowest BCUT2D eigenvalue weighted by Gasteiger charge is -2.27. The maximum absolute atomic E-state index is 12.7. The van der Waals surface area contributed by atoms with E-state index < -0.39 is 5.91 Å². The quantitative estimate of drug-likeness (QED) is 0.614. The molecule has 23 heavy (non-hydrogen) atoms. The topological polar surface area (TPSA) is 70.4 Å². The zero-order valence-corrected chi connectivity index (χ0v) is 14.2. The third-order valence-corrected chi connectivity index (χ3v) is 4.64. The molecule has 0 radical (unpaired) electrons. The van der Waals surface area contributed by atoms with Crippen molar-refractivity contribution in [2.75, 3.05) is 13.7 Å². The summed E-state index contributed by atoms with van der Waals surface area (Å²) < 4.78 is 5.15. The SMILES string of the molecule is CCCCN1C(=O)C(C#N)=C(C)/C(=C/c2ccc(OC)s2)C1=O. The molecule has 2 heterocycles. The highest BCUT2D eigenvalue weighted by molar-refractivity contribution is 7.14. The first kappa shape index (κ1) is 17.0. The number of ether oxygens (including phenoxy) is 1. The van der Waals surface area contributed by atoms with E-state index in [1.54, 1.807) is 20.1 Å². The lowest BCUT2D eigenvalue weighted by molar-refractivity contribution is -0.140. The van der Waals surface area contributed by atoms with Crippen LogP contribution in [0.2, 0.25) is 0 Å². The van der Waals surface area contributed by atoms with Crippen LogP contribution in [0, 0.1) is 11.3 Å². The van der Waals surface area contributed by atoms with E-state index in [-0.39, 0.29) is 11.5 Å². The molecule has 1 aliphatic heterocycles. The van der Waals surface area contributed by atoms with Crippen molar-refractivity contribution in [2.24, 2.45) is 0 Å². The van der Waals surface area contributed by atoms with E-state index in [0.29, 0.717) is 17.7 Å². The van der Waals surface area contributed by atoms with Gasteiger partial charge in [-0.05, 0) is 37.1 Å². The van der Waals surface area contributed by atoms with Gasteiger partial charge in [-0.2, -0.15) is 5.26 Å². The predicted molar refractivity (Wildman–Crippen MR) is 88.8 cm³/mol. The highest BCUT2D eigenvalue weighted by Gasteiger charge is 2.34. The molecule has 0 bridgehead atoms. The molecule has 2 rings (SSSR count). The van der Waals surface area contributed by atoms with E-state index >= 15 is 0 Å². The average molecular weight is 330 g/mol. The summed E-state index contributed by atoms with van der Waals surface area (Å²) in [6.45, 7) is 3.96. The van der Waals surface area contributed by atoms with Gasteiger partial charge in [-0.3, -0.25) is 14.5 Å². The lowest BCUT2D eigenvalue weighted by Crippen LogP contribution is -2.43. The number of thiophene rings is 1. The minimum Gasteiger partial charge on any atom is -0.487 e. The first-order chi connectivity index (χ1) is 11.0. The molecule has 5 nitrogen and oxygen atoms in total. The normalized spacial score (nSPS) is 17.0. The Bertz CT molecular complexity index is 737. The summed E-state index contributed by atoms with van der Waals surface area (Å²) >= 11 is 1.40. The molecule has 120 valence electrons. The van der Waals surface area contributed by atoms with Crippen molar-refractivity contribution in [3.8, 4) is 11.1 Å². The first-order valence-corrected chi connectivity index (χ1v) is 8.18. The molecule has 0 saturated heterocycles. The van der Waals surface area contributed by atoms with E-state index in [9.17, 15) is 14.9 Å². The first-order valence-electron chi connectivity index (χ1n) is 7.36. The van der Waals surface area contributed by atoms with Crippen molar-refractivity contribution in [2.45, 2.75) is 26.7 Å². The second-order valence-electron chi connectivity index (χ2n) is 5.15. The Morgan fingerprint density at radius 1 is 1.35 bits per heavy atom. The number of methoxy groups -OCH3 is 1. The molecule has 0 fully saturated rings. The Morgan fingerprint density at radius 3 is 2.65 bits per heavy atom. The summed E-state index contributed by atoms with van der Waals surface area (Å²) in [5.41, 5.74) is 0.861. The Morgan fingerprint density at radius 2 is 2.09 bits per heavy atom. The van der Waals surface area contributed by atoms with Crippen LogP contribution < -0.4 is 4.74 Å². The van der Waals surface area contributed by atoms with Crippen molar-refractivity contribution < 1.29 is 14.3 Å². The maximum atomic E-state index is 12.7. The molecule has 0 aliphatic carbocycles. The number of imide groups is 1. The summed E-state index contributed by atoms with van der Waals surface area (Å²) in [6, 6.07) is 5.59. The van der Waals surface area contributed by atoms with E-state index in [1.165, 1.54) is 16.2 Å². The van der Waals surface area contributed by atoms with Crippen molar-refractivity contribution in [1.82, 2.24) is 4.90 Å². The Hall–Kier alpha value is -2.39. The summed E-state index contributed by atoms with van der Waals surface area (Å²) in [5, 5.41) is 10.0. The summed E-state index contributed by atoms with van der Waals surface area (Å²) in [5.74, 6) is -0.836. The fraction of sp³-hybridized carbons (Fsp3) is 0.353. The van der Waals surface area contributed by atoms with Gasteiger partial charge in [0.05, 0.1) is 7.11 Å². The Kier molecular flexibility index (Phi) is 5.35. The minimum atomic E-state index is -0.496. The third kappa shape index (κ3) is 3.35. The largest absolute Gasteiger partial charge is 0.487 e. The highest BCUT2D eigenvalue weighted by Crippen LogP contribution is 2.31. The standard InChI is InChI=1S/C17H18N2O3S/c1-4-5-8-19-16(20)13(11(2)14(10-18)17(19)21)9-12-6-7-15(22-3)23-12/h6-7,9H,4-5,8H2,1-3H3/b13-9-. The van der Waals surface area contributed by atoms with Gasteiger partial charge in [-0.1, -0.05) is 24.7 Å². The van der Waals surface area contributed by atoms with E-state index in [2.05, 4.69) is 0 Å². The number of hydrogen-bond donors (Lipinski definition) is 0. The molecule has 1 aromatic rings. The van der Waals surface area contributed by atoms with Crippen molar-refractivity contribution in [3.05, 3.63) is 33.7 Å². The maximum Gasteiger partial charge on any atom is 0.271 e. The van der Waals surface area contributed by atoms with E-state index in [1.807, 2.05) is 25.1 Å². The van der Waals surface area contributed by atoms with Gasteiger partial charge in [0.1, 0.15) is 11.6 Å². The van der Waals surface area contributed by atoms with Crippen LogP contribution in [0.1, 0.15) is 31.6 Å². The fourth-order valence-corrected chi connectivity index (χ4v) is 3.08. The number of carbonyl (C=O) groups excluding carboxylic acids is 2. The molecular weight excluding hydrogens is 312 g/mol. The van der Waals surface area contributed by atoms with Gasteiger partial charge in [-0.15, -0.1) is 0 Å². The van der Waals surface area contributed by atoms with E-state index in [4.69, 9.17) is 4.74 Å². The van der Waals surface area contributed by atoms with Crippen LogP contribution in [-0.2, 0) is 9.59 Å². The van der Waals surface area contributed by atoms with Crippen LogP contribution in [-0.4, -0.2) is 30.4 Å². The monoisotopic (exact) mass is 330 g/mol. The number of carbonyl (C=O) groups is 2. The van der Waals surface area contributed by atoms with Crippen molar-refractivity contribution in [1.29, 1.82) is 5.26 Å². The van der Waals surface area contributed by atoms with Gasteiger partial charge in [-0.25, -0.2) is 0 Å². The molecule has 0 saturated carbocycles. The zero-order chi connectivity index (χ0) is 17.0. The van der Waals surface area contributed by atoms with Gasteiger partial charge in [0, 0.05) is 17.0 Å². The number of amides is 2. The number of hydrogen-bond acceptors (Lipinski definition) is 5. The summed E-state index contributed by atoms with van der Waals surface area (Å²) in [6.07, 6.45) is 3.30. The van der Waals surface area contributed by atoms with Gasteiger partial charge >= 0.3 is 0 Å². The summed E-state index contributed by atoms with van der Waals surface area (Å²) in [4.78, 5) is 27.0. The number of rotatable bonds is 5. The molecule has 0 unspecified atom stereocenters. The second-order valence-corrected chi connectivity index (χ2v) is 6.22. The van der Waals surface area contributed by atoms with Crippen LogP contribution in [0.5, 0.6) is 5.06 Å². The smallest absolute Gasteiger partial charge is 0.271 e. The highest BCUT2D eigenvalue weighted by atomic mass is 32.1. The van der Waals surface area contributed by atoms with Crippen LogP contribution in [0.4, 0.5) is 0 Å². The van der Waals surface area contributed by atoms with Crippen LogP contribution >= 0.6 is 11.3 Å². The van der Waals surface area contributed by atoms with Gasteiger partial charge in [0.15, 0.2) is 5.06 Å². The molecule has 0 spiro atoms. The molecule has 2 amide bonds. The minimum absolute atomic E-state index is 0.0375. The molecule has 0 atom stereocenters. The second kappa shape index (κ2) is 7.25. The summed E-state index contributed by atoms with van der Waals surface area (Å²) in [7, 11) is 1.58. The van der Waals surface area contributed by atoms with Crippen LogP contribution in [0.15, 0.2) is 28.9 Å². The Balaban J connectivity index is 2.47. The fourth-order valence-electron chi connectivity index (χ4n) is 2.31. The molecule has 1 aromatic heterocycles. The number of nitrogens with zero attached hydrogens (tertiary/aromatic N) is 2. The van der Waals surface area contributed by atoms with Crippen molar-refractivity contribution >= 4 is 29.2 Å². The number of nitriles is 1. The molecule has 1 aliphatic rings. The van der Waals surface area contributed by atoms with E-state index in [0.717, 1.165) is 22.8 Å². The van der Waals surface area contributed by atoms with Gasteiger partial charge in [0.2, 0.25) is 0 Å². The predicted octanol–water partition coefficient (Wildman–Crippen LogP) is 3.15. The lowest BCUT2D eigenvalue weighted by atomic mass is 9.94.